The van der Waals surface area contributed by atoms with Crippen LogP contribution in [0, 0.1) is 5.82 Å². The normalized spacial score (nSPS) is 10.4. The van der Waals surface area contributed by atoms with Crippen molar-refractivity contribution >= 4 is 17.7 Å². The number of carbonyl (C=O) groups excluding carboxylic acids is 1. The number of amides is 1. The SMILES string of the molecule is CNC(=O)Cc1cc(=O)[nH]c(SCc2ccc(F)cc2)n1. The molecule has 0 bridgehead atoms. The van der Waals surface area contributed by atoms with Crippen molar-refractivity contribution in [3.05, 3.63) is 57.8 Å². The molecule has 5 nitrogen and oxygen atoms in total. The highest BCUT2D eigenvalue weighted by atomic mass is 32.2. The lowest BCUT2D eigenvalue weighted by atomic mass is 10.2. The lowest BCUT2D eigenvalue weighted by Gasteiger charge is -2.04. The molecule has 0 saturated carbocycles. The molecule has 0 saturated heterocycles. The van der Waals surface area contributed by atoms with Gasteiger partial charge >= 0.3 is 0 Å². The molecule has 0 fully saturated rings. The Hall–Kier alpha value is -2.15. The van der Waals surface area contributed by atoms with Crippen molar-refractivity contribution in [2.45, 2.75) is 17.3 Å². The first-order chi connectivity index (χ1) is 10.1. The zero-order valence-corrected chi connectivity index (χ0v) is 12.2. The molecule has 1 aromatic carbocycles. The Kier molecular flexibility index (Phi) is 5.10. The molecule has 2 aromatic rings. The molecule has 110 valence electrons. The molecule has 2 rings (SSSR count). The topological polar surface area (TPSA) is 74.8 Å². The number of halogens is 1. The number of hydrogen-bond acceptors (Lipinski definition) is 4. The lowest BCUT2D eigenvalue weighted by molar-refractivity contribution is -0.120. The minimum absolute atomic E-state index is 0.0600. The van der Waals surface area contributed by atoms with Gasteiger partial charge in [0.15, 0.2) is 5.16 Å². The molecule has 2 N–H and O–H groups in total. The summed E-state index contributed by atoms with van der Waals surface area (Å²) in [6, 6.07) is 7.42. The van der Waals surface area contributed by atoms with Gasteiger partial charge in [-0.2, -0.15) is 0 Å². The maximum atomic E-state index is 12.8. The average Bonchev–Trinajstić information content (AvgIpc) is 2.46. The molecule has 21 heavy (non-hydrogen) atoms. The maximum absolute atomic E-state index is 12.8. The van der Waals surface area contributed by atoms with E-state index in [0.717, 1.165) is 5.56 Å². The van der Waals surface area contributed by atoms with Crippen molar-refractivity contribution in [3.63, 3.8) is 0 Å². The number of hydrogen-bond donors (Lipinski definition) is 2. The van der Waals surface area contributed by atoms with Crippen LogP contribution in [0.4, 0.5) is 4.39 Å². The first kappa shape index (κ1) is 15.2. The number of H-pyrrole nitrogens is 1. The molecule has 7 heteroatoms. The Morgan fingerprint density at radius 2 is 2.10 bits per heavy atom. The van der Waals surface area contributed by atoms with E-state index in [1.807, 2.05) is 0 Å². The highest BCUT2D eigenvalue weighted by molar-refractivity contribution is 7.98. The van der Waals surface area contributed by atoms with Crippen LogP contribution in [-0.4, -0.2) is 22.9 Å². The number of nitrogens with zero attached hydrogens (tertiary/aromatic N) is 1. The van der Waals surface area contributed by atoms with Crippen LogP contribution in [0.25, 0.3) is 0 Å². The van der Waals surface area contributed by atoms with Crippen molar-refractivity contribution in [2.75, 3.05) is 7.05 Å². The maximum Gasteiger partial charge on any atom is 0.251 e. The van der Waals surface area contributed by atoms with E-state index in [0.29, 0.717) is 16.6 Å². The molecular weight excluding hydrogens is 293 g/mol. The molecule has 0 aliphatic carbocycles. The van der Waals surface area contributed by atoms with Gasteiger partial charge in [-0.05, 0) is 17.7 Å². The van der Waals surface area contributed by atoms with Crippen LogP contribution < -0.4 is 10.9 Å². The Labute approximate surface area is 125 Å². The summed E-state index contributed by atoms with van der Waals surface area (Å²) in [5, 5.41) is 2.92. The highest BCUT2D eigenvalue weighted by Crippen LogP contribution is 2.18. The summed E-state index contributed by atoms with van der Waals surface area (Å²) in [5.41, 5.74) is 1.03. The first-order valence-electron chi connectivity index (χ1n) is 6.25. The Morgan fingerprint density at radius 3 is 2.76 bits per heavy atom. The summed E-state index contributed by atoms with van der Waals surface area (Å²) in [6.07, 6.45) is 0.0600. The number of rotatable bonds is 5. The molecule has 0 spiro atoms. The van der Waals surface area contributed by atoms with Crippen LogP contribution >= 0.6 is 11.8 Å². The third-order valence-corrected chi connectivity index (χ3v) is 3.63. The third kappa shape index (κ3) is 4.71. The second kappa shape index (κ2) is 7.03. The van der Waals surface area contributed by atoms with Gasteiger partial charge in [-0.25, -0.2) is 9.37 Å². The molecule has 1 aromatic heterocycles. The standard InChI is InChI=1S/C14H14FN3O2S/c1-16-12(19)6-11-7-13(20)18-14(17-11)21-8-9-2-4-10(15)5-3-9/h2-5,7H,6,8H2,1H3,(H,16,19)(H,17,18,20). The second-order valence-electron chi connectivity index (χ2n) is 4.31. The predicted molar refractivity (Wildman–Crippen MR) is 78.6 cm³/mol. The summed E-state index contributed by atoms with van der Waals surface area (Å²) in [6.45, 7) is 0. The third-order valence-electron chi connectivity index (χ3n) is 2.68. The summed E-state index contributed by atoms with van der Waals surface area (Å²) in [5.74, 6) is 0.0533. The number of aromatic amines is 1. The minimum Gasteiger partial charge on any atom is -0.359 e. The molecule has 0 aliphatic heterocycles. The monoisotopic (exact) mass is 307 g/mol. The Bertz CT molecular complexity index is 685. The average molecular weight is 307 g/mol. The summed E-state index contributed by atoms with van der Waals surface area (Å²) >= 11 is 1.32. The molecule has 0 unspecified atom stereocenters. The van der Waals surface area contributed by atoms with Crippen molar-refractivity contribution in [3.8, 4) is 0 Å². The van der Waals surface area contributed by atoms with E-state index >= 15 is 0 Å². The molecule has 0 atom stereocenters. The van der Waals surface area contributed by atoms with Crippen LogP contribution in [-0.2, 0) is 17.0 Å². The number of benzene rings is 1. The molecule has 0 aliphatic rings. The van der Waals surface area contributed by atoms with Gasteiger partial charge in [0.05, 0.1) is 12.1 Å². The van der Waals surface area contributed by atoms with Crippen LogP contribution in [0.3, 0.4) is 0 Å². The Morgan fingerprint density at radius 1 is 1.38 bits per heavy atom. The van der Waals surface area contributed by atoms with Gasteiger partial charge in [-0.3, -0.25) is 9.59 Å². The van der Waals surface area contributed by atoms with Crippen LogP contribution in [0.15, 0.2) is 40.3 Å². The minimum atomic E-state index is -0.300. The smallest absolute Gasteiger partial charge is 0.251 e. The summed E-state index contributed by atoms with van der Waals surface area (Å²) in [7, 11) is 1.53. The first-order valence-corrected chi connectivity index (χ1v) is 7.23. The number of carbonyl (C=O) groups is 1. The fourth-order valence-corrected chi connectivity index (χ4v) is 2.48. The quantitative estimate of drug-likeness (QED) is 0.648. The number of nitrogens with one attached hydrogen (secondary N) is 2. The fourth-order valence-electron chi connectivity index (χ4n) is 1.63. The van der Waals surface area contributed by atoms with Crippen molar-refractivity contribution < 1.29 is 9.18 Å². The number of thioether (sulfide) groups is 1. The van der Waals surface area contributed by atoms with Crippen LogP contribution in [0.5, 0.6) is 0 Å². The summed E-state index contributed by atoms with van der Waals surface area (Å²) < 4.78 is 12.8. The van der Waals surface area contributed by atoms with Crippen molar-refractivity contribution in [1.29, 1.82) is 0 Å². The molecule has 1 heterocycles. The van der Waals surface area contributed by atoms with Crippen molar-refractivity contribution in [2.24, 2.45) is 0 Å². The van der Waals surface area contributed by atoms with Crippen LogP contribution in [0.2, 0.25) is 0 Å². The van der Waals surface area contributed by atoms with E-state index in [1.54, 1.807) is 12.1 Å². The number of aromatic nitrogens is 2. The van der Waals surface area contributed by atoms with Gasteiger partial charge in [-0.15, -0.1) is 0 Å². The van der Waals surface area contributed by atoms with E-state index < -0.39 is 0 Å². The summed E-state index contributed by atoms with van der Waals surface area (Å²) in [4.78, 5) is 29.7. The number of likely N-dealkylation sites (N-methyl/N-ethyl adjacent to an activating group) is 1. The molecular formula is C14H14FN3O2S. The van der Waals surface area contributed by atoms with Gasteiger partial charge < -0.3 is 10.3 Å². The van der Waals surface area contributed by atoms with E-state index in [1.165, 1.54) is 37.0 Å². The zero-order chi connectivity index (χ0) is 15.2. The molecule has 1 amide bonds. The van der Waals surface area contributed by atoms with Gasteiger partial charge in [0, 0.05) is 18.9 Å². The van der Waals surface area contributed by atoms with Gasteiger partial charge in [0.2, 0.25) is 5.91 Å². The highest BCUT2D eigenvalue weighted by Gasteiger charge is 2.06. The van der Waals surface area contributed by atoms with Crippen LogP contribution in [0.1, 0.15) is 11.3 Å². The van der Waals surface area contributed by atoms with Gasteiger partial charge in [-0.1, -0.05) is 23.9 Å². The second-order valence-corrected chi connectivity index (χ2v) is 5.27. The molecule has 0 radical (unpaired) electrons. The Balaban J connectivity index is 2.07. The van der Waals surface area contributed by atoms with E-state index in [9.17, 15) is 14.0 Å². The van der Waals surface area contributed by atoms with Gasteiger partial charge in [0.1, 0.15) is 5.82 Å². The van der Waals surface area contributed by atoms with E-state index in [-0.39, 0.29) is 23.7 Å². The van der Waals surface area contributed by atoms with Gasteiger partial charge in [0.25, 0.3) is 5.56 Å². The largest absolute Gasteiger partial charge is 0.359 e. The fraction of sp³-hybridized carbons (Fsp3) is 0.214. The zero-order valence-electron chi connectivity index (χ0n) is 11.4. The van der Waals surface area contributed by atoms with E-state index in [2.05, 4.69) is 15.3 Å². The predicted octanol–water partition coefficient (Wildman–Crippen LogP) is 1.49. The van der Waals surface area contributed by atoms with Crippen molar-refractivity contribution in [1.82, 2.24) is 15.3 Å². The lowest BCUT2D eigenvalue weighted by Crippen LogP contribution is -2.22. The van der Waals surface area contributed by atoms with E-state index in [4.69, 9.17) is 0 Å².